The van der Waals surface area contributed by atoms with E-state index in [0.29, 0.717) is 13.2 Å². The maximum absolute atomic E-state index is 5.14. The Morgan fingerprint density at radius 3 is 3.03 bits per heavy atom. The highest BCUT2D eigenvalue weighted by Gasteiger charge is 2.22. The van der Waals surface area contributed by atoms with Crippen LogP contribution in [0.3, 0.4) is 0 Å². The first-order valence-electron chi connectivity index (χ1n) is 9.71. The van der Waals surface area contributed by atoms with Gasteiger partial charge in [0.25, 0.3) is 0 Å². The fourth-order valence-electron chi connectivity index (χ4n) is 3.55. The van der Waals surface area contributed by atoms with Gasteiger partial charge in [-0.05, 0) is 18.1 Å². The molecule has 0 amide bonds. The molecule has 1 aliphatic rings. The highest BCUT2D eigenvalue weighted by atomic mass is 16.5. The van der Waals surface area contributed by atoms with E-state index < -0.39 is 0 Å². The van der Waals surface area contributed by atoms with E-state index in [2.05, 4.69) is 42.8 Å². The van der Waals surface area contributed by atoms with Crippen LogP contribution in [0.25, 0.3) is 5.69 Å². The van der Waals surface area contributed by atoms with Crippen LogP contribution in [0.1, 0.15) is 23.6 Å². The molecule has 4 rings (SSSR count). The molecule has 9 heteroatoms. The Bertz CT molecular complexity index is 963. The number of hydrogen-bond acceptors (Lipinski definition) is 5. The second-order valence-electron chi connectivity index (χ2n) is 6.96. The summed E-state index contributed by atoms with van der Waals surface area (Å²) >= 11 is 0. The molecule has 0 saturated carbocycles. The largest absolute Gasteiger partial charge is 0.377 e. The van der Waals surface area contributed by atoms with Crippen molar-refractivity contribution in [3.8, 4) is 5.69 Å². The van der Waals surface area contributed by atoms with Crippen molar-refractivity contribution in [3.05, 3.63) is 60.2 Å². The summed E-state index contributed by atoms with van der Waals surface area (Å²) in [4.78, 5) is 13.1. The Morgan fingerprint density at radius 2 is 2.24 bits per heavy atom. The van der Waals surface area contributed by atoms with Gasteiger partial charge in [0.2, 0.25) is 0 Å². The number of nitrogens with one attached hydrogen (secondary N) is 2. The summed E-state index contributed by atoms with van der Waals surface area (Å²) < 4.78 is 9.12. The third-order valence-electron chi connectivity index (χ3n) is 4.96. The molecule has 1 aliphatic heterocycles. The lowest BCUT2D eigenvalue weighted by molar-refractivity contribution is 0.177. The molecule has 9 nitrogen and oxygen atoms in total. The molecule has 1 unspecified atom stereocenters. The van der Waals surface area contributed by atoms with Gasteiger partial charge in [0.05, 0.1) is 18.6 Å². The SMILES string of the molecule is CN=C(NCc1ccccc1-n1ccnc1)NC1CCc2nc(COC)nn2C1. The minimum absolute atomic E-state index is 0.245. The van der Waals surface area contributed by atoms with Crippen molar-refractivity contribution in [2.75, 3.05) is 14.2 Å². The molecule has 0 fully saturated rings. The van der Waals surface area contributed by atoms with Crippen molar-refractivity contribution < 1.29 is 4.74 Å². The van der Waals surface area contributed by atoms with E-state index in [1.165, 1.54) is 5.56 Å². The minimum Gasteiger partial charge on any atom is -0.377 e. The zero-order valence-electron chi connectivity index (χ0n) is 16.7. The molecule has 0 radical (unpaired) electrons. The number of hydrogen-bond donors (Lipinski definition) is 2. The van der Waals surface area contributed by atoms with Gasteiger partial charge in [0, 0.05) is 45.6 Å². The van der Waals surface area contributed by atoms with Gasteiger partial charge in [-0.25, -0.2) is 14.6 Å². The van der Waals surface area contributed by atoms with Crippen molar-refractivity contribution in [1.82, 2.24) is 34.9 Å². The topological polar surface area (TPSA) is 94.2 Å². The maximum atomic E-state index is 5.14. The van der Waals surface area contributed by atoms with Crippen LogP contribution in [-0.2, 0) is 30.9 Å². The Balaban J connectivity index is 1.37. The van der Waals surface area contributed by atoms with E-state index in [9.17, 15) is 0 Å². The zero-order chi connectivity index (χ0) is 20.1. The second kappa shape index (κ2) is 8.87. The van der Waals surface area contributed by atoms with Gasteiger partial charge in [0.1, 0.15) is 12.4 Å². The van der Waals surface area contributed by atoms with Gasteiger partial charge in [-0.3, -0.25) is 4.99 Å². The number of aliphatic imine (C=N–C) groups is 1. The van der Waals surface area contributed by atoms with Gasteiger partial charge < -0.3 is 19.9 Å². The lowest BCUT2D eigenvalue weighted by Gasteiger charge is -2.25. The highest BCUT2D eigenvalue weighted by molar-refractivity contribution is 5.80. The van der Waals surface area contributed by atoms with E-state index in [1.807, 2.05) is 33.9 Å². The summed E-state index contributed by atoms with van der Waals surface area (Å²) in [6.07, 6.45) is 7.40. The van der Waals surface area contributed by atoms with Crippen LogP contribution in [0, 0.1) is 0 Å². The summed E-state index contributed by atoms with van der Waals surface area (Å²) in [6.45, 7) is 1.86. The number of nitrogens with zero attached hydrogens (tertiary/aromatic N) is 6. The number of imidazole rings is 1. The van der Waals surface area contributed by atoms with Crippen molar-refractivity contribution in [1.29, 1.82) is 0 Å². The molecule has 0 aliphatic carbocycles. The first-order chi connectivity index (χ1) is 14.3. The number of aryl methyl sites for hydroxylation is 1. The quantitative estimate of drug-likeness (QED) is 0.483. The van der Waals surface area contributed by atoms with Crippen LogP contribution >= 0.6 is 0 Å². The van der Waals surface area contributed by atoms with Crippen LogP contribution in [0.2, 0.25) is 0 Å². The van der Waals surface area contributed by atoms with Crippen LogP contribution in [0.5, 0.6) is 0 Å². The molecule has 2 N–H and O–H groups in total. The molecule has 1 aromatic carbocycles. The fourth-order valence-corrected chi connectivity index (χ4v) is 3.55. The van der Waals surface area contributed by atoms with E-state index in [1.54, 1.807) is 20.4 Å². The van der Waals surface area contributed by atoms with Crippen molar-refractivity contribution >= 4 is 5.96 Å². The number of fused-ring (bicyclic) bond motifs is 1. The molecule has 29 heavy (non-hydrogen) atoms. The summed E-state index contributed by atoms with van der Waals surface area (Å²) in [7, 11) is 3.45. The number of para-hydroxylation sites is 1. The fraction of sp³-hybridized carbons (Fsp3) is 0.400. The number of benzene rings is 1. The molecule has 0 spiro atoms. The molecule has 2 aromatic heterocycles. The van der Waals surface area contributed by atoms with Crippen molar-refractivity contribution in [2.45, 2.75) is 38.6 Å². The number of ether oxygens (including phenoxy) is 1. The Morgan fingerprint density at radius 1 is 1.34 bits per heavy atom. The monoisotopic (exact) mass is 394 g/mol. The average Bonchev–Trinajstić information content (AvgIpc) is 3.41. The molecule has 0 bridgehead atoms. The lowest BCUT2D eigenvalue weighted by atomic mass is 10.1. The molecule has 3 heterocycles. The highest BCUT2D eigenvalue weighted by Crippen LogP contribution is 2.15. The summed E-state index contributed by atoms with van der Waals surface area (Å²) in [5, 5.41) is 11.5. The summed E-state index contributed by atoms with van der Waals surface area (Å²) in [5.74, 6) is 2.53. The van der Waals surface area contributed by atoms with E-state index >= 15 is 0 Å². The third-order valence-corrected chi connectivity index (χ3v) is 4.96. The van der Waals surface area contributed by atoms with Gasteiger partial charge in [-0.15, -0.1) is 0 Å². The van der Waals surface area contributed by atoms with Gasteiger partial charge in [-0.2, -0.15) is 5.10 Å². The number of guanidine groups is 1. The van der Waals surface area contributed by atoms with Gasteiger partial charge in [0.15, 0.2) is 11.8 Å². The predicted molar refractivity (Wildman–Crippen MR) is 110 cm³/mol. The van der Waals surface area contributed by atoms with Crippen LogP contribution in [0.15, 0.2) is 48.0 Å². The Labute approximate surface area is 169 Å². The first-order valence-corrected chi connectivity index (χ1v) is 9.71. The molecule has 3 aromatic rings. The molecule has 0 saturated heterocycles. The van der Waals surface area contributed by atoms with Crippen LogP contribution in [0.4, 0.5) is 0 Å². The van der Waals surface area contributed by atoms with Gasteiger partial charge >= 0.3 is 0 Å². The molecule has 152 valence electrons. The molecule has 1 atom stereocenters. The Kier molecular flexibility index (Phi) is 5.85. The average molecular weight is 394 g/mol. The van der Waals surface area contributed by atoms with Crippen LogP contribution in [-0.4, -0.2) is 50.5 Å². The smallest absolute Gasteiger partial charge is 0.191 e. The maximum Gasteiger partial charge on any atom is 0.191 e. The summed E-state index contributed by atoms with van der Waals surface area (Å²) in [5.41, 5.74) is 2.27. The number of rotatable bonds is 6. The second-order valence-corrected chi connectivity index (χ2v) is 6.96. The van der Waals surface area contributed by atoms with E-state index in [4.69, 9.17) is 4.74 Å². The standard InChI is InChI=1S/C20H26N8O/c1-21-20(23-11-15-5-3-4-6-17(15)27-10-9-22-14-27)24-16-7-8-19-25-18(13-29-2)26-28(19)12-16/h3-6,9-10,14,16H,7-8,11-13H2,1-2H3,(H2,21,23,24). The van der Waals surface area contributed by atoms with E-state index in [-0.39, 0.29) is 6.04 Å². The molecular weight excluding hydrogens is 368 g/mol. The van der Waals surface area contributed by atoms with Gasteiger partial charge in [-0.1, -0.05) is 18.2 Å². The summed E-state index contributed by atoms with van der Waals surface area (Å²) in [6, 6.07) is 8.50. The first kappa shape index (κ1) is 19.1. The van der Waals surface area contributed by atoms with Crippen molar-refractivity contribution in [3.63, 3.8) is 0 Å². The minimum atomic E-state index is 0.245. The molecular formula is C20H26N8O. The zero-order valence-corrected chi connectivity index (χ0v) is 16.7. The lowest BCUT2D eigenvalue weighted by Crippen LogP contribution is -2.46. The van der Waals surface area contributed by atoms with Crippen molar-refractivity contribution in [2.24, 2.45) is 4.99 Å². The normalized spacial score (nSPS) is 16.5. The Hall–Kier alpha value is -3.20. The number of methoxy groups -OCH3 is 1. The third kappa shape index (κ3) is 4.45. The van der Waals surface area contributed by atoms with Crippen LogP contribution < -0.4 is 10.6 Å². The van der Waals surface area contributed by atoms with E-state index in [0.717, 1.165) is 42.7 Å². The number of aromatic nitrogens is 5. The predicted octanol–water partition coefficient (Wildman–Crippen LogP) is 1.29.